The summed E-state index contributed by atoms with van der Waals surface area (Å²) in [6.07, 6.45) is 0. The van der Waals surface area contributed by atoms with Gasteiger partial charge in [0.1, 0.15) is 5.75 Å². The van der Waals surface area contributed by atoms with Crippen LogP contribution in [0.2, 0.25) is 0 Å². The van der Waals surface area contributed by atoms with Gasteiger partial charge in [0.2, 0.25) is 5.65 Å². The first-order chi connectivity index (χ1) is 12.6. The summed E-state index contributed by atoms with van der Waals surface area (Å²) in [5, 5.41) is 17.7. The SMILES string of the molecule is CC(=O)On1nnc2c(N3CCOCC3)nc(-c3cccc(O)c3)nc21. The fraction of sp³-hybridized carbons (Fsp3) is 0.312. The monoisotopic (exact) mass is 356 g/mol. The molecular weight excluding hydrogens is 340 g/mol. The second-order valence-electron chi connectivity index (χ2n) is 5.74. The number of benzene rings is 1. The Labute approximate surface area is 147 Å². The lowest BCUT2D eigenvalue weighted by atomic mass is 10.2. The van der Waals surface area contributed by atoms with Crippen LogP contribution in [0.3, 0.4) is 0 Å². The Kier molecular flexibility index (Phi) is 4.09. The lowest BCUT2D eigenvalue weighted by molar-refractivity contribution is -0.142. The van der Waals surface area contributed by atoms with E-state index in [2.05, 4.69) is 20.3 Å². The van der Waals surface area contributed by atoms with Gasteiger partial charge >= 0.3 is 5.97 Å². The van der Waals surface area contributed by atoms with Gasteiger partial charge in [0.15, 0.2) is 17.2 Å². The molecule has 1 N–H and O–H groups in total. The average molecular weight is 356 g/mol. The number of nitrogens with zero attached hydrogens (tertiary/aromatic N) is 6. The van der Waals surface area contributed by atoms with Crippen molar-refractivity contribution in [1.29, 1.82) is 0 Å². The third kappa shape index (κ3) is 3.02. The first kappa shape index (κ1) is 16.2. The summed E-state index contributed by atoms with van der Waals surface area (Å²) in [4.78, 5) is 28.4. The highest BCUT2D eigenvalue weighted by Gasteiger charge is 2.23. The summed E-state index contributed by atoms with van der Waals surface area (Å²) in [6, 6.07) is 6.61. The minimum absolute atomic E-state index is 0.103. The van der Waals surface area contributed by atoms with Crippen molar-refractivity contribution in [3.8, 4) is 17.1 Å². The van der Waals surface area contributed by atoms with Gasteiger partial charge in [-0.1, -0.05) is 12.1 Å². The molecule has 1 aromatic carbocycles. The molecule has 10 heteroatoms. The fourth-order valence-corrected chi connectivity index (χ4v) is 2.74. The molecule has 1 aliphatic heterocycles. The number of anilines is 1. The van der Waals surface area contributed by atoms with Gasteiger partial charge in [-0.3, -0.25) is 0 Å². The Hall–Kier alpha value is -3.27. The van der Waals surface area contributed by atoms with Crippen molar-refractivity contribution in [3.63, 3.8) is 0 Å². The van der Waals surface area contributed by atoms with Gasteiger partial charge < -0.3 is 19.6 Å². The van der Waals surface area contributed by atoms with E-state index in [1.54, 1.807) is 24.3 Å². The van der Waals surface area contributed by atoms with E-state index in [0.717, 1.165) is 4.85 Å². The predicted molar refractivity (Wildman–Crippen MR) is 90.5 cm³/mol. The maximum atomic E-state index is 11.3. The molecule has 1 aliphatic rings. The minimum Gasteiger partial charge on any atom is -0.508 e. The van der Waals surface area contributed by atoms with E-state index in [0.29, 0.717) is 49.0 Å². The molecule has 0 radical (unpaired) electrons. The molecule has 0 aliphatic carbocycles. The number of carbonyl (C=O) groups excluding carboxylic acids is 1. The molecule has 0 bridgehead atoms. The normalized spacial score (nSPS) is 14.6. The Morgan fingerprint density at radius 3 is 2.81 bits per heavy atom. The van der Waals surface area contributed by atoms with E-state index in [-0.39, 0.29) is 11.4 Å². The summed E-state index contributed by atoms with van der Waals surface area (Å²) in [7, 11) is 0. The van der Waals surface area contributed by atoms with Crippen molar-refractivity contribution in [3.05, 3.63) is 24.3 Å². The third-order valence-electron chi connectivity index (χ3n) is 3.88. The fourth-order valence-electron chi connectivity index (χ4n) is 2.74. The van der Waals surface area contributed by atoms with Crippen molar-refractivity contribution in [2.45, 2.75) is 6.92 Å². The number of phenols is 1. The molecule has 134 valence electrons. The van der Waals surface area contributed by atoms with Gasteiger partial charge in [0, 0.05) is 25.6 Å². The van der Waals surface area contributed by atoms with Gasteiger partial charge in [-0.15, -0.1) is 5.10 Å². The summed E-state index contributed by atoms with van der Waals surface area (Å²) in [5.41, 5.74) is 1.32. The summed E-state index contributed by atoms with van der Waals surface area (Å²) in [5.74, 6) is 0.508. The predicted octanol–water partition coefficient (Wildman–Crippen LogP) is 0.406. The largest absolute Gasteiger partial charge is 0.508 e. The number of rotatable bonds is 3. The molecule has 0 atom stereocenters. The Morgan fingerprint density at radius 1 is 1.27 bits per heavy atom. The van der Waals surface area contributed by atoms with Crippen molar-refractivity contribution < 1.29 is 19.5 Å². The Morgan fingerprint density at radius 2 is 2.08 bits per heavy atom. The summed E-state index contributed by atoms with van der Waals surface area (Å²) in [6.45, 7) is 3.71. The van der Waals surface area contributed by atoms with Gasteiger partial charge in [0.25, 0.3) is 0 Å². The first-order valence-corrected chi connectivity index (χ1v) is 8.06. The number of phenolic OH excluding ortho intramolecular Hbond substituents is 1. The van der Waals surface area contributed by atoms with Crippen LogP contribution in [0.4, 0.5) is 5.82 Å². The van der Waals surface area contributed by atoms with Crippen LogP contribution in [0.5, 0.6) is 5.75 Å². The van der Waals surface area contributed by atoms with Crippen LogP contribution in [0.25, 0.3) is 22.6 Å². The quantitative estimate of drug-likeness (QED) is 0.666. The second-order valence-corrected chi connectivity index (χ2v) is 5.74. The van der Waals surface area contributed by atoms with E-state index >= 15 is 0 Å². The van der Waals surface area contributed by atoms with E-state index < -0.39 is 5.97 Å². The zero-order valence-corrected chi connectivity index (χ0v) is 14.0. The number of hydrogen-bond acceptors (Lipinski definition) is 9. The lowest BCUT2D eigenvalue weighted by Gasteiger charge is -2.27. The highest BCUT2D eigenvalue weighted by Crippen LogP contribution is 2.27. The Bertz CT molecular complexity index is 967. The molecule has 10 nitrogen and oxygen atoms in total. The van der Waals surface area contributed by atoms with E-state index in [9.17, 15) is 9.90 Å². The molecule has 0 saturated carbocycles. The molecule has 0 amide bonds. The van der Waals surface area contributed by atoms with Crippen molar-refractivity contribution >= 4 is 23.0 Å². The molecule has 0 spiro atoms. The number of ether oxygens (including phenoxy) is 1. The van der Waals surface area contributed by atoms with Gasteiger partial charge in [0.05, 0.1) is 13.2 Å². The van der Waals surface area contributed by atoms with Crippen molar-refractivity contribution in [2.75, 3.05) is 31.2 Å². The molecule has 4 rings (SSSR count). The number of aromatic hydroxyl groups is 1. The number of hydrogen-bond donors (Lipinski definition) is 1. The number of aromatic nitrogens is 5. The first-order valence-electron chi connectivity index (χ1n) is 8.06. The molecule has 3 heterocycles. The van der Waals surface area contributed by atoms with Crippen LogP contribution in [0.1, 0.15) is 6.92 Å². The average Bonchev–Trinajstić information content (AvgIpc) is 3.04. The van der Waals surface area contributed by atoms with Crippen LogP contribution in [0.15, 0.2) is 24.3 Å². The summed E-state index contributed by atoms with van der Waals surface area (Å²) >= 11 is 0. The van der Waals surface area contributed by atoms with Gasteiger partial charge in [-0.2, -0.15) is 0 Å². The molecule has 2 aromatic heterocycles. The molecule has 1 saturated heterocycles. The summed E-state index contributed by atoms with van der Waals surface area (Å²) < 4.78 is 5.39. The minimum atomic E-state index is -0.540. The van der Waals surface area contributed by atoms with Crippen molar-refractivity contribution in [2.24, 2.45) is 0 Å². The number of morpholine rings is 1. The van der Waals surface area contributed by atoms with Gasteiger partial charge in [-0.05, 0) is 22.2 Å². The van der Waals surface area contributed by atoms with Gasteiger partial charge in [-0.25, -0.2) is 14.8 Å². The molecular formula is C16H16N6O4. The standard InChI is InChI=1S/C16H16N6O4/c1-10(23)26-22-16-13(19-20-22)15(21-5-7-25-8-6-21)17-14(18-16)11-3-2-4-12(24)9-11/h2-4,9,24H,5-8H2,1H3. The topological polar surface area (TPSA) is 115 Å². The van der Waals surface area contributed by atoms with E-state index in [4.69, 9.17) is 9.57 Å². The van der Waals surface area contributed by atoms with Crippen LogP contribution in [-0.4, -0.2) is 62.5 Å². The third-order valence-corrected chi connectivity index (χ3v) is 3.88. The number of carbonyl (C=O) groups is 1. The van der Waals surface area contributed by atoms with Crippen LogP contribution < -0.4 is 9.74 Å². The molecule has 0 unspecified atom stereocenters. The van der Waals surface area contributed by atoms with Crippen LogP contribution >= 0.6 is 0 Å². The molecule has 1 fully saturated rings. The van der Waals surface area contributed by atoms with Crippen molar-refractivity contribution in [1.82, 2.24) is 25.1 Å². The van der Waals surface area contributed by atoms with E-state index in [1.165, 1.54) is 6.92 Å². The molecule has 3 aromatic rings. The second kappa shape index (κ2) is 6.56. The maximum Gasteiger partial charge on any atom is 0.332 e. The smallest absolute Gasteiger partial charge is 0.332 e. The maximum absolute atomic E-state index is 11.3. The van der Waals surface area contributed by atoms with Crippen LogP contribution in [0, 0.1) is 0 Å². The lowest BCUT2D eigenvalue weighted by Crippen LogP contribution is -2.37. The highest BCUT2D eigenvalue weighted by molar-refractivity contribution is 5.85. The van der Waals surface area contributed by atoms with E-state index in [1.807, 2.05) is 4.90 Å². The highest BCUT2D eigenvalue weighted by atomic mass is 16.7. The Balaban J connectivity index is 1.90. The zero-order valence-electron chi connectivity index (χ0n) is 14.0. The molecule has 26 heavy (non-hydrogen) atoms. The number of fused-ring (bicyclic) bond motifs is 1. The van der Waals surface area contributed by atoms with Crippen LogP contribution in [-0.2, 0) is 9.53 Å². The zero-order chi connectivity index (χ0) is 18.1.